The van der Waals surface area contributed by atoms with E-state index < -0.39 is 12.1 Å². The summed E-state index contributed by atoms with van der Waals surface area (Å²) in [6.07, 6.45) is 107. The van der Waals surface area contributed by atoms with E-state index in [0.29, 0.717) is 19.4 Å². The third-order valence-corrected chi connectivity index (χ3v) is 19.3. The monoisotopic (exact) mass is 1280 g/mol. The third kappa shape index (κ3) is 76.7. The summed E-state index contributed by atoms with van der Waals surface area (Å²) in [4.78, 5) is 24.7. The first-order chi connectivity index (χ1) is 45.0. The largest absolute Gasteiger partial charge is 0.466 e. The van der Waals surface area contributed by atoms with Crippen molar-refractivity contribution in [2.45, 2.75) is 469 Å². The third-order valence-electron chi connectivity index (χ3n) is 19.3. The number of allylic oxidation sites excluding steroid dienone is 7. The highest BCUT2D eigenvalue weighted by Crippen LogP contribution is 2.20. The predicted molar refractivity (Wildman–Crippen MR) is 402 cm³/mol. The van der Waals surface area contributed by atoms with Crippen LogP contribution in [0.25, 0.3) is 0 Å². The van der Waals surface area contributed by atoms with Crippen LogP contribution in [0.3, 0.4) is 0 Å². The van der Waals surface area contributed by atoms with E-state index in [1.54, 1.807) is 6.08 Å². The van der Waals surface area contributed by atoms with Crippen LogP contribution in [0.1, 0.15) is 457 Å². The van der Waals surface area contributed by atoms with Gasteiger partial charge in [-0.1, -0.05) is 403 Å². The van der Waals surface area contributed by atoms with Crippen molar-refractivity contribution < 1.29 is 24.5 Å². The lowest BCUT2D eigenvalue weighted by molar-refractivity contribution is -0.143. The Morgan fingerprint density at radius 2 is 0.549 bits per heavy atom. The zero-order chi connectivity index (χ0) is 65.6. The number of esters is 1. The van der Waals surface area contributed by atoms with Crippen molar-refractivity contribution in [1.29, 1.82) is 0 Å². The van der Waals surface area contributed by atoms with Crippen molar-refractivity contribution >= 4 is 11.9 Å². The molecule has 0 radical (unpaired) electrons. The average molecular weight is 1280 g/mol. The van der Waals surface area contributed by atoms with Gasteiger partial charge < -0.3 is 20.3 Å². The number of hydrogen-bond acceptors (Lipinski definition) is 5. The number of rotatable bonds is 78. The fourth-order valence-electron chi connectivity index (χ4n) is 13.0. The molecule has 536 valence electrons. The van der Waals surface area contributed by atoms with E-state index in [4.69, 9.17) is 4.74 Å². The molecule has 0 aromatic heterocycles. The van der Waals surface area contributed by atoms with Crippen LogP contribution in [0.5, 0.6) is 0 Å². The van der Waals surface area contributed by atoms with Gasteiger partial charge in [0.1, 0.15) is 0 Å². The molecule has 0 spiro atoms. The van der Waals surface area contributed by atoms with Gasteiger partial charge in [0.15, 0.2) is 0 Å². The van der Waals surface area contributed by atoms with E-state index in [9.17, 15) is 19.8 Å². The van der Waals surface area contributed by atoms with Gasteiger partial charge in [-0.2, -0.15) is 0 Å². The maximum absolute atomic E-state index is 12.6. The maximum Gasteiger partial charge on any atom is 0.305 e. The highest BCUT2D eigenvalue weighted by atomic mass is 16.5. The van der Waals surface area contributed by atoms with Crippen molar-refractivity contribution in [3.63, 3.8) is 0 Å². The van der Waals surface area contributed by atoms with Crippen molar-refractivity contribution in [3.8, 4) is 0 Å². The molecular formula is C85H161NO5. The second-order valence-electron chi connectivity index (χ2n) is 28.4. The number of aliphatic hydroxyl groups is 2. The van der Waals surface area contributed by atoms with Crippen LogP contribution in [0.4, 0.5) is 0 Å². The summed E-state index contributed by atoms with van der Waals surface area (Å²) in [5, 5.41) is 23.3. The minimum absolute atomic E-state index is 0.0142. The Bertz CT molecular complexity index is 1520. The SMILES string of the molecule is CCCCCCCC/C=C\CCCCCCCCCCCC(=O)OCCCCCCCCCCC/C=C\C/C=C\CCCCCCCCCCCCCCCCCCCC(=O)NC(CO)C(O)/C=C/CCCCCCCCCCCCCCCCCCCCCC. The van der Waals surface area contributed by atoms with Gasteiger partial charge in [0.25, 0.3) is 0 Å². The molecule has 0 bridgehead atoms. The molecule has 91 heavy (non-hydrogen) atoms. The fraction of sp³-hybridized carbons (Fsp3) is 0.882. The van der Waals surface area contributed by atoms with E-state index in [0.717, 1.165) is 51.4 Å². The molecule has 0 heterocycles. The number of amides is 1. The Kier molecular flexibility index (Phi) is 78.3. The Morgan fingerprint density at radius 1 is 0.308 bits per heavy atom. The quantitative estimate of drug-likeness (QED) is 0.0320. The van der Waals surface area contributed by atoms with Gasteiger partial charge in [-0.3, -0.25) is 9.59 Å². The van der Waals surface area contributed by atoms with Crippen LogP contribution in [0, 0.1) is 0 Å². The summed E-state index contributed by atoms with van der Waals surface area (Å²) in [6.45, 7) is 4.95. The number of carbonyl (C=O) groups excluding carboxylic acids is 2. The second-order valence-corrected chi connectivity index (χ2v) is 28.4. The van der Waals surface area contributed by atoms with E-state index in [2.05, 4.69) is 55.6 Å². The average Bonchev–Trinajstić information content (AvgIpc) is 3.58. The maximum atomic E-state index is 12.6. The zero-order valence-electron chi connectivity index (χ0n) is 61.6. The van der Waals surface area contributed by atoms with E-state index in [1.165, 1.54) is 379 Å². The normalized spacial score (nSPS) is 12.7. The number of ether oxygens (including phenoxy) is 1. The molecule has 0 aromatic carbocycles. The lowest BCUT2D eigenvalue weighted by atomic mass is 10.0. The minimum atomic E-state index is -0.845. The molecule has 0 fully saturated rings. The number of carbonyl (C=O) groups is 2. The zero-order valence-corrected chi connectivity index (χ0v) is 61.6. The Hall–Kier alpha value is -2.18. The lowest BCUT2D eigenvalue weighted by Gasteiger charge is -2.20. The number of aliphatic hydroxyl groups excluding tert-OH is 2. The Labute approximate surface area is 569 Å². The molecule has 3 N–H and O–H groups in total. The lowest BCUT2D eigenvalue weighted by Crippen LogP contribution is -2.45. The van der Waals surface area contributed by atoms with Crippen molar-refractivity contribution in [1.82, 2.24) is 5.32 Å². The van der Waals surface area contributed by atoms with Crippen LogP contribution < -0.4 is 5.32 Å². The summed E-state index contributed by atoms with van der Waals surface area (Å²) in [6, 6.07) is -0.628. The number of nitrogens with one attached hydrogen (secondary N) is 1. The highest BCUT2D eigenvalue weighted by molar-refractivity contribution is 5.76. The van der Waals surface area contributed by atoms with E-state index in [1.807, 2.05) is 6.08 Å². The molecule has 6 nitrogen and oxygen atoms in total. The fourth-order valence-corrected chi connectivity index (χ4v) is 13.0. The number of unbranched alkanes of at least 4 members (excludes halogenated alkanes) is 61. The van der Waals surface area contributed by atoms with Gasteiger partial charge in [-0.25, -0.2) is 0 Å². The van der Waals surface area contributed by atoms with Crippen LogP contribution in [0.15, 0.2) is 48.6 Å². The molecule has 2 atom stereocenters. The molecule has 0 aliphatic heterocycles. The van der Waals surface area contributed by atoms with Gasteiger partial charge >= 0.3 is 5.97 Å². The molecule has 6 heteroatoms. The van der Waals surface area contributed by atoms with Crippen LogP contribution in [-0.4, -0.2) is 47.4 Å². The minimum Gasteiger partial charge on any atom is -0.466 e. The van der Waals surface area contributed by atoms with Crippen LogP contribution in [-0.2, 0) is 14.3 Å². The molecule has 0 saturated carbocycles. The predicted octanol–water partition coefficient (Wildman–Crippen LogP) is 27.5. The van der Waals surface area contributed by atoms with Gasteiger partial charge in [0.2, 0.25) is 5.91 Å². The molecule has 2 unspecified atom stereocenters. The molecule has 0 rings (SSSR count). The Morgan fingerprint density at radius 3 is 0.846 bits per heavy atom. The van der Waals surface area contributed by atoms with E-state index in [-0.39, 0.29) is 18.5 Å². The van der Waals surface area contributed by atoms with Crippen molar-refractivity contribution in [2.75, 3.05) is 13.2 Å². The summed E-state index contributed by atoms with van der Waals surface area (Å²) >= 11 is 0. The van der Waals surface area contributed by atoms with Gasteiger partial charge in [-0.05, 0) is 89.9 Å². The van der Waals surface area contributed by atoms with E-state index >= 15 is 0 Å². The molecular weight excluding hydrogens is 1110 g/mol. The first kappa shape index (κ1) is 88.8. The summed E-state index contributed by atoms with van der Waals surface area (Å²) < 4.78 is 5.51. The molecule has 1 amide bonds. The summed E-state index contributed by atoms with van der Waals surface area (Å²) in [5.74, 6) is -0.0474. The van der Waals surface area contributed by atoms with Crippen molar-refractivity contribution in [3.05, 3.63) is 48.6 Å². The topological polar surface area (TPSA) is 95.9 Å². The standard InChI is InChI=1S/C85H161NO5/c1-3-5-7-9-11-13-15-17-19-21-23-24-38-42-45-49-53-57-61-65-69-73-77-83(88)82(81-87)86-84(89)78-74-70-66-62-58-54-50-46-43-39-36-34-32-30-28-26-25-27-29-31-33-35-37-40-44-48-52-56-60-64-68-72-76-80-91-85(90)79-75-71-67-63-59-55-51-47-41-22-20-18-16-14-12-10-8-6-4-2/h18,20,29,31,35,37,73,77,82-83,87-88H,3-17,19,21-28,30,32-34,36,38-72,74-76,78-81H2,1-2H3,(H,86,89)/b20-18-,31-29-,37-35-,77-73+. The molecule has 0 aromatic rings. The summed E-state index contributed by atoms with van der Waals surface area (Å²) in [5.41, 5.74) is 0. The molecule has 0 aliphatic carbocycles. The second kappa shape index (κ2) is 80.3. The highest BCUT2D eigenvalue weighted by Gasteiger charge is 2.18. The van der Waals surface area contributed by atoms with Crippen LogP contribution >= 0.6 is 0 Å². The summed E-state index contributed by atoms with van der Waals surface area (Å²) in [7, 11) is 0. The molecule has 0 saturated heterocycles. The number of hydrogen-bond donors (Lipinski definition) is 3. The first-order valence-electron chi connectivity index (χ1n) is 41.4. The first-order valence-corrected chi connectivity index (χ1v) is 41.4. The van der Waals surface area contributed by atoms with Crippen LogP contribution in [0.2, 0.25) is 0 Å². The molecule has 0 aliphatic rings. The Balaban J connectivity index is 3.39. The van der Waals surface area contributed by atoms with Gasteiger partial charge in [0.05, 0.1) is 25.4 Å². The van der Waals surface area contributed by atoms with Gasteiger partial charge in [0, 0.05) is 12.8 Å². The smallest absolute Gasteiger partial charge is 0.305 e. The van der Waals surface area contributed by atoms with Crippen molar-refractivity contribution in [2.24, 2.45) is 0 Å². The van der Waals surface area contributed by atoms with Gasteiger partial charge in [-0.15, -0.1) is 0 Å².